The summed E-state index contributed by atoms with van der Waals surface area (Å²) < 4.78 is 11.6. The van der Waals surface area contributed by atoms with Crippen molar-refractivity contribution in [1.29, 1.82) is 0 Å². The van der Waals surface area contributed by atoms with Crippen LogP contribution in [0.1, 0.15) is 5.56 Å². The molecule has 92 valence electrons. The molecule has 0 amide bonds. The molecule has 0 saturated carbocycles. The summed E-state index contributed by atoms with van der Waals surface area (Å²) in [4.78, 5) is 0. The smallest absolute Gasteiger partial charge is 0.161 e. The second-order valence-electron chi connectivity index (χ2n) is 4.33. The average molecular weight is 261 g/mol. The molecule has 1 atom stereocenters. The molecule has 1 aliphatic rings. The molecule has 0 aromatic heterocycles. The highest BCUT2D eigenvalue weighted by Crippen LogP contribution is 2.31. The highest BCUT2D eigenvalue weighted by atomic mass is 35.5. The molecular formula is C15H13ClO2. The van der Waals surface area contributed by atoms with Gasteiger partial charge in [-0.1, -0.05) is 35.9 Å². The minimum Gasteiger partial charge on any atom is -0.486 e. The van der Waals surface area contributed by atoms with Gasteiger partial charge < -0.3 is 9.47 Å². The standard InChI is InChI=1S/C15H13ClO2/c16-12-5-3-4-11(8-12)9-13-10-17-14-6-1-2-7-15(14)18-13/h1-8,13H,9-10H2. The summed E-state index contributed by atoms with van der Waals surface area (Å²) in [5, 5.41) is 0.754. The summed E-state index contributed by atoms with van der Waals surface area (Å²) in [6, 6.07) is 15.6. The van der Waals surface area contributed by atoms with E-state index in [4.69, 9.17) is 21.1 Å². The first-order valence-corrected chi connectivity index (χ1v) is 6.32. The maximum Gasteiger partial charge on any atom is 0.161 e. The van der Waals surface area contributed by atoms with Crippen LogP contribution in [0.2, 0.25) is 5.02 Å². The van der Waals surface area contributed by atoms with E-state index in [0.717, 1.165) is 28.5 Å². The molecule has 2 aromatic carbocycles. The van der Waals surface area contributed by atoms with Crippen LogP contribution in [0.5, 0.6) is 11.5 Å². The maximum atomic E-state index is 5.97. The molecule has 2 nitrogen and oxygen atoms in total. The van der Waals surface area contributed by atoms with Gasteiger partial charge in [0.05, 0.1) is 0 Å². The van der Waals surface area contributed by atoms with Crippen LogP contribution in [-0.2, 0) is 6.42 Å². The van der Waals surface area contributed by atoms with Gasteiger partial charge in [-0.05, 0) is 29.8 Å². The normalized spacial score (nSPS) is 17.5. The van der Waals surface area contributed by atoms with E-state index >= 15 is 0 Å². The van der Waals surface area contributed by atoms with Crippen molar-refractivity contribution in [1.82, 2.24) is 0 Å². The number of benzene rings is 2. The molecule has 18 heavy (non-hydrogen) atoms. The lowest BCUT2D eigenvalue weighted by atomic mass is 10.1. The predicted molar refractivity (Wildman–Crippen MR) is 71.5 cm³/mol. The molecule has 0 spiro atoms. The van der Waals surface area contributed by atoms with E-state index in [1.807, 2.05) is 42.5 Å². The molecule has 1 aliphatic heterocycles. The molecule has 0 radical (unpaired) electrons. The predicted octanol–water partition coefficient (Wildman–Crippen LogP) is 3.72. The molecule has 0 bridgehead atoms. The van der Waals surface area contributed by atoms with Gasteiger partial charge in [-0.25, -0.2) is 0 Å². The van der Waals surface area contributed by atoms with Gasteiger partial charge in [0.1, 0.15) is 12.7 Å². The lowest BCUT2D eigenvalue weighted by molar-refractivity contribution is 0.0913. The molecule has 2 aromatic rings. The third-order valence-corrected chi connectivity index (χ3v) is 3.16. The fraction of sp³-hybridized carbons (Fsp3) is 0.200. The summed E-state index contributed by atoms with van der Waals surface area (Å²) in [5.74, 6) is 1.63. The molecular weight excluding hydrogens is 248 g/mol. The van der Waals surface area contributed by atoms with Gasteiger partial charge in [0.2, 0.25) is 0 Å². The Morgan fingerprint density at radius 1 is 1.06 bits per heavy atom. The first-order chi connectivity index (χ1) is 8.81. The van der Waals surface area contributed by atoms with Gasteiger partial charge in [0.25, 0.3) is 0 Å². The summed E-state index contributed by atoms with van der Waals surface area (Å²) in [6.07, 6.45) is 0.841. The summed E-state index contributed by atoms with van der Waals surface area (Å²) in [5.41, 5.74) is 1.16. The zero-order chi connectivity index (χ0) is 12.4. The first-order valence-electron chi connectivity index (χ1n) is 5.94. The number of hydrogen-bond acceptors (Lipinski definition) is 2. The van der Waals surface area contributed by atoms with E-state index in [2.05, 4.69) is 6.07 Å². The van der Waals surface area contributed by atoms with Crippen molar-refractivity contribution in [2.45, 2.75) is 12.5 Å². The Balaban J connectivity index is 1.73. The van der Waals surface area contributed by atoms with Crippen LogP contribution in [0.3, 0.4) is 0 Å². The Kier molecular flexibility index (Phi) is 3.11. The Bertz CT molecular complexity index is 554. The van der Waals surface area contributed by atoms with Crippen LogP contribution < -0.4 is 9.47 Å². The van der Waals surface area contributed by atoms with E-state index < -0.39 is 0 Å². The summed E-state index contributed by atoms with van der Waals surface area (Å²) in [6.45, 7) is 0.573. The molecule has 0 saturated heterocycles. The number of hydrogen-bond donors (Lipinski definition) is 0. The van der Waals surface area contributed by atoms with Gasteiger partial charge in [0, 0.05) is 11.4 Å². The van der Waals surface area contributed by atoms with Gasteiger partial charge >= 0.3 is 0 Å². The SMILES string of the molecule is Clc1cccc(CC2COc3ccccc3O2)c1. The van der Waals surface area contributed by atoms with Crippen LogP contribution in [0, 0.1) is 0 Å². The van der Waals surface area contributed by atoms with Gasteiger partial charge in [0.15, 0.2) is 11.5 Å². The number of halogens is 1. The molecule has 1 heterocycles. The van der Waals surface area contributed by atoms with Crippen molar-refractivity contribution in [3.05, 3.63) is 59.1 Å². The summed E-state index contributed by atoms with van der Waals surface area (Å²) in [7, 11) is 0. The van der Waals surface area contributed by atoms with Crippen molar-refractivity contribution < 1.29 is 9.47 Å². The first kappa shape index (κ1) is 11.4. The molecule has 0 N–H and O–H groups in total. The highest BCUT2D eigenvalue weighted by molar-refractivity contribution is 6.30. The second-order valence-corrected chi connectivity index (χ2v) is 4.77. The van der Waals surface area contributed by atoms with E-state index in [1.165, 1.54) is 0 Å². The minimum atomic E-state index is 0.0402. The van der Waals surface area contributed by atoms with Crippen LogP contribution in [0.4, 0.5) is 0 Å². The van der Waals surface area contributed by atoms with E-state index in [-0.39, 0.29) is 6.10 Å². The minimum absolute atomic E-state index is 0.0402. The van der Waals surface area contributed by atoms with Gasteiger partial charge in [-0.3, -0.25) is 0 Å². The lowest BCUT2D eigenvalue weighted by Crippen LogP contribution is -2.31. The number of rotatable bonds is 2. The van der Waals surface area contributed by atoms with Crippen LogP contribution in [-0.4, -0.2) is 12.7 Å². The van der Waals surface area contributed by atoms with Crippen molar-refractivity contribution in [3.8, 4) is 11.5 Å². The number of para-hydroxylation sites is 2. The van der Waals surface area contributed by atoms with E-state index in [1.54, 1.807) is 0 Å². The van der Waals surface area contributed by atoms with Crippen LogP contribution in [0.25, 0.3) is 0 Å². The quantitative estimate of drug-likeness (QED) is 0.819. The lowest BCUT2D eigenvalue weighted by Gasteiger charge is -2.26. The van der Waals surface area contributed by atoms with Gasteiger partial charge in [-0.15, -0.1) is 0 Å². The Labute approximate surface area is 111 Å². The van der Waals surface area contributed by atoms with Crippen molar-refractivity contribution in [2.75, 3.05) is 6.61 Å². The molecule has 3 rings (SSSR count). The Hall–Kier alpha value is -1.67. The van der Waals surface area contributed by atoms with Gasteiger partial charge in [-0.2, -0.15) is 0 Å². The summed E-state index contributed by atoms with van der Waals surface area (Å²) >= 11 is 5.97. The van der Waals surface area contributed by atoms with Crippen LogP contribution >= 0.6 is 11.6 Å². The third-order valence-electron chi connectivity index (χ3n) is 2.92. The largest absolute Gasteiger partial charge is 0.486 e. The zero-order valence-electron chi connectivity index (χ0n) is 9.80. The topological polar surface area (TPSA) is 18.5 Å². The fourth-order valence-electron chi connectivity index (χ4n) is 2.09. The monoisotopic (exact) mass is 260 g/mol. The van der Waals surface area contributed by atoms with Crippen molar-refractivity contribution in [3.63, 3.8) is 0 Å². The van der Waals surface area contributed by atoms with Crippen molar-refractivity contribution in [2.24, 2.45) is 0 Å². The molecule has 3 heteroatoms. The Morgan fingerprint density at radius 3 is 2.72 bits per heavy atom. The fourth-order valence-corrected chi connectivity index (χ4v) is 2.30. The zero-order valence-corrected chi connectivity index (χ0v) is 10.6. The van der Waals surface area contributed by atoms with Crippen LogP contribution in [0.15, 0.2) is 48.5 Å². The van der Waals surface area contributed by atoms with E-state index in [0.29, 0.717) is 6.61 Å². The number of ether oxygens (including phenoxy) is 2. The molecule has 1 unspecified atom stereocenters. The second kappa shape index (κ2) is 4.91. The Morgan fingerprint density at radius 2 is 1.89 bits per heavy atom. The number of fused-ring (bicyclic) bond motifs is 1. The third kappa shape index (κ3) is 2.44. The maximum absolute atomic E-state index is 5.97. The molecule has 0 fully saturated rings. The highest BCUT2D eigenvalue weighted by Gasteiger charge is 2.20. The van der Waals surface area contributed by atoms with Crippen molar-refractivity contribution >= 4 is 11.6 Å². The average Bonchev–Trinajstić information content (AvgIpc) is 2.39. The molecule has 0 aliphatic carbocycles. The van der Waals surface area contributed by atoms with E-state index in [9.17, 15) is 0 Å².